The summed E-state index contributed by atoms with van der Waals surface area (Å²) in [5, 5.41) is 3.09. The molecular weight excluding hydrogens is 134 g/mol. The van der Waals surface area contributed by atoms with Gasteiger partial charge in [-0.15, -0.1) is 11.6 Å². The molecule has 0 radical (unpaired) electrons. The summed E-state index contributed by atoms with van der Waals surface area (Å²) in [4.78, 5) is -0.307. The first-order valence-corrected chi connectivity index (χ1v) is 3.38. The summed E-state index contributed by atoms with van der Waals surface area (Å²) >= 11 is 5.83. The van der Waals surface area contributed by atoms with Gasteiger partial charge < -0.3 is 0 Å². The highest BCUT2D eigenvalue weighted by Crippen LogP contribution is 2.06. The molecule has 0 unspecified atom stereocenters. The van der Waals surface area contributed by atoms with Gasteiger partial charge in [0.05, 0.1) is 5.00 Å². The van der Waals surface area contributed by atoms with E-state index >= 15 is 0 Å². The normalized spacial score (nSPS) is 11.6. The Kier molecular flexibility index (Phi) is 3.23. The smallest absolute Gasteiger partial charge is 0.0881 e. The Morgan fingerprint density at radius 2 is 2.11 bits per heavy atom. The molecule has 0 spiro atoms. The van der Waals surface area contributed by atoms with Crippen LogP contribution in [-0.4, -0.2) is 11.5 Å². The average molecular weight is 148 g/mol. The number of nitrogens with one attached hydrogen (secondary N) is 1. The lowest BCUT2D eigenvalue weighted by Crippen LogP contribution is -2.34. The Labute approximate surface area is 62.1 Å². The van der Waals surface area contributed by atoms with Crippen LogP contribution in [0.1, 0.15) is 20.8 Å². The number of hydrogen-bond acceptors (Lipinski definition) is 1. The van der Waals surface area contributed by atoms with Crippen LogP contribution in [0, 0.1) is 0 Å². The first-order chi connectivity index (χ1) is 3.92. The minimum atomic E-state index is -0.307. The van der Waals surface area contributed by atoms with Crippen LogP contribution in [0.4, 0.5) is 0 Å². The van der Waals surface area contributed by atoms with Crippen molar-refractivity contribution < 1.29 is 0 Å². The lowest BCUT2D eigenvalue weighted by molar-refractivity contribution is 0.559. The fourth-order valence-electron chi connectivity index (χ4n) is 0.361. The fraction of sp³-hybridized carbons (Fsp3) is 0.714. The summed E-state index contributed by atoms with van der Waals surface area (Å²) in [7, 11) is 0. The van der Waals surface area contributed by atoms with Crippen molar-refractivity contribution >= 4 is 11.6 Å². The zero-order valence-electron chi connectivity index (χ0n) is 6.29. The van der Waals surface area contributed by atoms with E-state index in [2.05, 4.69) is 11.9 Å². The highest BCUT2D eigenvalue weighted by atomic mass is 35.5. The summed E-state index contributed by atoms with van der Waals surface area (Å²) in [6.07, 6.45) is 0. The van der Waals surface area contributed by atoms with E-state index in [1.54, 1.807) is 0 Å². The highest BCUT2D eigenvalue weighted by Gasteiger charge is 2.09. The SMILES string of the molecule is C=C(C)CNC(C)(C)Cl. The van der Waals surface area contributed by atoms with Gasteiger partial charge >= 0.3 is 0 Å². The molecule has 0 aromatic carbocycles. The Hall–Kier alpha value is -0.0100. The quantitative estimate of drug-likeness (QED) is 0.367. The lowest BCUT2D eigenvalue weighted by Gasteiger charge is -2.17. The highest BCUT2D eigenvalue weighted by molar-refractivity contribution is 6.23. The second-order valence-corrected chi connectivity index (χ2v) is 3.73. The van der Waals surface area contributed by atoms with E-state index in [0.717, 1.165) is 12.1 Å². The second kappa shape index (κ2) is 3.23. The third-order valence-electron chi connectivity index (χ3n) is 0.811. The zero-order chi connectivity index (χ0) is 7.49. The Morgan fingerprint density at radius 3 is 2.22 bits per heavy atom. The number of hydrogen-bond donors (Lipinski definition) is 1. The molecule has 1 N–H and O–H groups in total. The lowest BCUT2D eigenvalue weighted by atomic mass is 10.3. The maximum atomic E-state index is 5.83. The standard InChI is InChI=1S/C7H14ClN/c1-6(2)5-9-7(3,4)8/h9H,1,5H2,2-4H3. The molecule has 0 rings (SSSR count). The molecule has 0 aliphatic carbocycles. The predicted molar refractivity (Wildman–Crippen MR) is 42.7 cm³/mol. The summed E-state index contributed by atoms with van der Waals surface area (Å²) in [5.41, 5.74) is 1.10. The van der Waals surface area contributed by atoms with Crippen molar-refractivity contribution in [2.75, 3.05) is 6.54 Å². The maximum Gasteiger partial charge on any atom is 0.0881 e. The molecule has 0 heterocycles. The topological polar surface area (TPSA) is 12.0 Å². The molecule has 0 bridgehead atoms. The molecule has 0 aromatic rings. The van der Waals surface area contributed by atoms with Gasteiger partial charge in [0.15, 0.2) is 0 Å². The van der Waals surface area contributed by atoms with E-state index in [9.17, 15) is 0 Å². The third kappa shape index (κ3) is 7.99. The van der Waals surface area contributed by atoms with Gasteiger partial charge in [-0.2, -0.15) is 0 Å². The molecule has 0 atom stereocenters. The van der Waals surface area contributed by atoms with Gasteiger partial charge in [0.25, 0.3) is 0 Å². The Balaban J connectivity index is 3.39. The molecule has 0 saturated heterocycles. The van der Waals surface area contributed by atoms with E-state index in [0.29, 0.717) is 0 Å². The average Bonchev–Trinajstić information content (AvgIpc) is 1.59. The van der Waals surface area contributed by atoms with Gasteiger partial charge in [0.2, 0.25) is 0 Å². The van der Waals surface area contributed by atoms with Crippen molar-refractivity contribution in [3.8, 4) is 0 Å². The summed E-state index contributed by atoms with van der Waals surface area (Å²) in [6, 6.07) is 0. The van der Waals surface area contributed by atoms with E-state index in [1.165, 1.54) is 0 Å². The van der Waals surface area contributed by atoms with E-state index in [1.807, 2.05) is 20.8 Å². The van der Waals surface area contributed by atoms with Crippen molar-refractivity contribution in [1.29, 1.82) is 0 Å². The molecule has 0 fully saturated rings. The van der Waals surface area contributed by atoms with Crippen molar-refractivity contribution in [1.82, 2.24) is 5.32 Å². The predicted octanol–water partition coefficient (Wildman–Crippen LogP) is 2.13. The van der Waals surface area contributed by atoms with Crippen LogP contribution in [0.3, 0.4) is 0 Å². The minimum absolute atomic E-state index is 0.307. The van der Waals surface area contributed by atoms with Gasteiger partial charge in [0.1, 0.15) is 0 Å². The molecule has 54 valence electrons. The van der Waals surface area contributed by atoms with Crippen LogP contribution in [0.5, 0.6) is 0 Å². The molecule has 2 heteroatoms. The van der Waals surface area contributed by atoms with Crippen molar-refractivity contribution in [3.63, 3.8) is 0 Å². The van der Waals surface area contributed by atoms with Gasteiger partial charge in [-0.3, -0.25) is 5.32 Å². The molecule has 0 saturated carbocycles. The van der Waals surface area contributed by atoms with E-state index in [4.69, 9.17) is 11.6 Å². The Morgan fingerprint density at radius 1 is 1.67 bits per heavy atom. The summed E-state index contributed by atoms with van der Waals surface area (Å²) in [6.45, 7) is 10.3. The summed E-state index contributed by atoms with van der Waals surface area (Å²) in [5.74, 6) is 0. The van der Waals surface area contributed by atoms with E-state index < -0.39 is 0 Å². The van der Waals surface area contributed by atoms with Crippen LogP contribution in [0.15, 0.2) is 12.2 Å². The first-order valence-electron chi connectivity index (χ1n) is 3.00. The molecule has 1 nitrogen and oxygen atoms in total. The van der Waals surface area contributed by atoms with Crippen molar-refractivity contribution in [3.05, 3.63) is 12.2 Å². The second-order valence-electron chi connectivity index (χ2n) is 2.78. The zero-order valence-corrected chi connectivity index (χ0v) is 7.05. The van der Waals surface area contributed by atoms with Gasteiger partial charge in [-0.25, -0.2) is 0 Å². The minimum Gasteiger partial charge on any atom is -0.295 e. The van der Waals surface area contributed by atoms with Gasteiger partial charge in [0, 0.05) is 6.54 Å². The van der Waals surface area contributed by atoms with Gasteiger partial charge in [-0.1, -0.05) is 12.2 Å². The molecule has 0 aromatic heterocycles. The van der Waals surface area contributed by atoms with Crippen LogP contribution < -0.4 is 5.32 Å². The van der Waals surface area contributed by atoms with Crippen LogP contribution in [0.2, 0.25) is 0 Å². The maximum absolute atomic E-state index is 5.83. The van der Waals surface area contributed by atoms with E-state index in [-0.39, 0.29) is 5.00 Å². The van der Waals surface area contributed by atoms with Crippen LogP contribution >= 0.6 is 11.6 Å². The third-order valence-corrected chi connectivity index (χ3v) is 0.944. The first kappa shape index (κ1) is 8.99. The largest absolute Gasteiger partial charge is 0.295 e. The van der Waals surface area contributed by atoms with Crippen molar-refractivity contribution in [2.24, 2.45) is 0 Å². The Bertz CT molecular complexity index is 102. The molecule has 0 aliphatic heterocycles. The molecule has 9 heavy (non-hydrogen) atoms. The molecule has 0 aliphatic rings. The van der Waals surface area contributed by atoms with Crippen LogP contribution in [-0.2, 0) is 0 Å². The monoisotopic (exact) mass is 147 g/mol. The number of alkyl halides is 1. The number of halogens is 1. The summed E-state index contributed by atoms with van der Waals surface area (Å²) < 4.78 is 0. The number of rotatable bonds is 3. The van der Waals surface area contributed by atoms with Crippen molar-refractivity contribution in [2.45, 2.75) is 25.8 Å². The molecular formula is C7H14ClN. The van der Waals surface area contributed by atoms with Crippen LogP contribution in [0.25, 0.3) is 0 Å². The molecule has 0 amide bonds. The fourth-order valence-corrected chi connectivity index (χ4v) is 0.428. The van der Waals surface area contributed by atoms with Gasteiger partial charge in [-0.05, 0) is 20.8 Å².